The van der Waals surface area contributed by atoms with Gasteiger partial charge >= 0.3 is 0 Å². The second-order valence-electron chi connectivity index (χ2n) is 2.72. The lowest BCUT2D eigenvalue weighted by Crippen LogP contribution is -2.29. The molecule has 0 fully saturated rings. The zero-order valence-electron chi connectivity index (χ0n) is 8.25. The summed E-state index contributed by atoms with van der Waals surface area (Å²) in [5, 5.41) is 5.32. The third kappa shape index (κ3) is 3.67. The van der Waals surface area contributed by atoms with Crippen LogP contribution in [0.5, 0.6) is 0 Å². The Morgan fingerprint density at radius 1 is 1.50 bits per heavy atom. The smallest absolute Gasteiger partial charge is 0.169 e. The second kappa shape index (κ2) is 6.53. The number of methoxy groups -OCH3 is 2. The first-order chi connectivity index (χ1) is 6.77. The Hall–Kier alpha value is 0.0600. The van der Waals surface area contributed by atoms with E-state index in [4.69, 9.17) is 9.47 Å². The topological polar surface area (TPSA) is 30.5 Å². The minimum atomic E-state index is -0.172. The van der Waals surface area contributed by atoms with E-state index < -0.39 is 0 Å². The van der Waals surface area contributed by atoms with Crippen LogP contribution < -0.4 is 5.32 Å². The predicted octanol–water partition coefficient (Wildman–Crippen LogP) is 2.22. The van der Waals surface area contributed by atoms with Gasteiger partial charge in [0.05, 0.1) is 0 Å². The molecule has 0 unspecified atom stereocenters. The fourth-order valence-electron chi connectivity index (χ4n) is 1.02. The quantitative estimate of drug-likeness (QED) is 0.810. The molecule has 5 heteroatoms. The molecule has 0 spiro atoms. The summed E-state index contributed by atoms with van der Waals surface area (Å²) in [5.74, 6) is 0. The molecule has 0 saturated heterocycles. The van der Waals surface area contributed by atoms with Crippen molar-refractivity contribution in [3.05, 3.63) is 20.8 Å². The van der Waals surface area contributed by atoms with Gasteiger partial charge in [-0.3, -0.25) is 0 Å². The van der Waals surface area contributed by atoms with Crippen molar-refractivity contribution in [2.24, 2.45) is 0 Å². The lowest BCUT2D eigenvalue weighted by atomic mass is 10.4. The van der Waals surface area contributed by atoms with Gasteiger partial charge in [-0.1, -0.05) is 0 Å². The van der Waals surface area contributed by atoms with Crippen LogP contribution in [-0.4, -0.2) is 27.1 Å². The van der Waals surface area contributed by atoms with E-state index in [2.05, 4.69) is 26.6 Å². The van der Waals surface area contributed by atoms with Crippen LogP contribution in [0, 0.1) is 0 Å². The fraction of sp³-hybridized carbons (Fsp3) is 0.556. The van der Waals surface area contributed by atoms with Gasteiger partial charge in [-0.15, -0.1) is 11.3 Å². The summed E-state index contributed by atoms with van der Waals surface area (Å²) in [6.07, 6.45) is -0.172. The number of nitrogens with one attached hydrogen (secondary N) is 1. The van der Waals surface area contributed by atoms with E-state index in [0.29, 0.717) is 6.54 Å². The van der Waals surface area contributed by atoms with Gasteiger partial charge < -0.3 is 14.8 Å². The van der Waals surface area contributed by atoms with Gasteiger partial charge in [-0.2, -0.15) is 0 Å². The van der Waals surface area contributed by atoms with Crippen molar-refractivity contribution in [3.8, 4) is 0 Å². The summed E-state index contributed by atoms with van der Waals surface area (Å²) in [6, 6.07) is 2.05. The average molecular weight is 280 g/mol. The predicted molar refractivity (Wildman–Crippen MR) is 61.5 cm³/mol. The summed E-state index contributed by atoms with van der Waals surface area (Å²) in [6.45, 7) is 1.53. The van der Waals surface area contributed by atoms with E-state index in [9.17, 15) is 0 Å². The standard InChI is InChI=1S/C9H14BrNO2S/c1-12-9(13-2)6-11-5-8-7(10)3-4-14-8/h3-4,9,11H,5-6H2,1-2H3. The largest absolute Gasteiger partial charge is 0.355 e. The summed E-state index contributed by atoms with van der Waals surface area (Å²) in [7, 11) is 3.27. The Morgan fingerprint density at radius 2 is 2.21 bits per heavy atom. The number of hydrogen-bond donors (Lipinski definition) is 1. The lowest BCUT2D eigenvalue weighted by molar-refractivity contribution is -0.0988. The zero-order valence-corrected chi connectivity index (χ0v) is 10.7. The van der Waals surface area contributed by atoms with Crippen LogP contribution in [0.1, 0.15) is 4.88 Å². The molecule has 1 aromatic heterocycles. The maximum Gasteiger partial charge on any atom is 0.169 e. The molecule has 0 radical (unpaired) electrons. The van der Waals surface area contributed by atoms with Crippen LogP contribution in [0.3, 0.4) is 0 Å². The normalized spacial score (nSPS) is 11.1. The van der Waals surface area contributed by atoms with Crippen molar-refractivity contribution < 1.29 is 9.47 Å². The maximum absolute atomic E-state index is 5.06. The number of hydrogen-bond acceptors (Lipinski definition) is 4. The molecule has 0 bridgehead atoms. The molecular formula is C9H14BrNO2S. The lowest BCUT2D eigenvalue weighted by Gasteiger charge is -2.13. The third-order valence-electron chi connectivity index (χ3n) is 1.81. The van der Waals surface area contributed by atoms with Crippen molar-refractivity contribution in [3.63, 3.8) is 0 Å². The van der Waals surface area contributed by atoms with E-state index in [1.807, 2.05) is 6.07 Å². The van der Waals surface area contributed by atoms with Crippen molar-refractivity contribution in [2.75, 3.05) is 20.8 Å². The average Bonchev–Trinajstić information content (AvgIpc) is 2.59. The highest BCUT2D eigenvalue weighted by molar-refractivity contribution is 9.10. The maximum atomic E-state index is 5.06. The van der Waals surface area contributed by atoms with Gasteiger partial charge in [0.2, 0.25) is 0 Å². The van der Waals surface area contributed by atoms with Crippen LogP contribution in [0.4, 0.5) is 0 Å². The van der Waals surface area contributed by atoms with Crippen LogP contribution in [-0.2, 0) is 16.0 Å². The van der Waals surface area contributed by atoms with Crippen molar-refractivity contribution in [1.82, 2.24) is 5.32 Å². The monoisotopic (exact) mass is 279 g/mol. The van der Waals surface area contributed by atoms with Gasteiger partial charge in [0.25, 0.3) is 0 Å². The Morgan fingerprint density at radius 3 is 2.71 bits per heavy atom. The summed E-state index contributed by atoms with van der Waals surface area (Å²) in [5.41, 5.74) is 0. The Balaban J connectivity index is 2.24. The van der Waals surface area contributed by atoms with Crippen molar-refractivity contribution in [2.45, 2.75) is 12.8 Å². The van der Waals surface area contributed by atoms with E-state index in [1.165, 1.54) is 4.88 Å². The first-order valence-electron chi connectivity index (χ1n) is 4.26. The molecule has 1 aromatic rings. The Kier molecular flexibility index (Phi) is 5.66. The molecule has 0 aromatic carbocycles. The first kappa shape index (κ1) is 12.1. The van der Waals surface area contributed by atoms with Gasteiger partial charge in [0, 0.05) is 36.7 Å². The molecule has 0 amide bonds. The van der Waals surface area contributed by atoms with Crippen LogP contribution in [0.25, 0.3) is 0 Å². The number of thiophene rings is 1. The highest BCUT2D eigenvalue weighted by atomic mass is 79.9. The van der Waals surface area contributed by atoms with Crippen molar-refractivity contribution in [1.29, 1.82) is 0 Å². The molecular weight excluding hydrogens is 266 g/mol. The fourth-order valence-corrected chi connectivity index (χ4v) is 2.48. The summed E-state index contributed by atoms with van der Waals surface area (Å²) in [4.78, 5) is 1.29. The summed E-state index contributed by atoms with van der Waals surface area (Å²) >= 11 is 5.20. The van der Waals surface area contributed by atoms with Gasteiger partial charge in [0.1, 0.15) is 0 Å². The molecule has 1 N–H and O–H groups in total. The molecule has 1 rings (SSSR count). The minimum Gasteiger partial charge on any atom is -0.355 e. The Labute approximate surface area is 96.5 Å². The highest BCUT2D eigenvalue weighted by Gasteiger charge is 2.05. The number of rotatable bonds is 6. The van der Waals surface area contributed by atoms with Crippen molar-refractivity contribution >= 4 is 27.3 Å². The van der Waals surface area contributed by atoms with Crippen LogP contribution in [0.15, 0.2) is 15.9 Å². The van der Waals surface area contributed by atoms with Crippen LogP contribution >= 0.6 is 27.3 Å². The first-order valence-corrected chi connectivity index (χ1v) is 5.93. The SMILES string of the molecule is COC(CNCc1sccc1Br)OC. The molecule has 80 valence electrons. The van der Waals surface area contributed by atoms with E-state index in [1.54, 1.807) is 25.6 Å². The molecule has 0 saturated carbocycles. The Bertz CT molecular complexity index is 263. The van der Waals surface area contributed by atoms with Gasteiger partial charge in [-0.25, -0.2) is 0 Å². The molecule has 0 aliphatic heterocycles. The highest BCUT2D eigenvalue weighted by Crippen LogP contribution is 2.21. The van der Waals surface area contributed by atoms with E-state index >= 15 is 0 Å². The molecule has 14 heavy (non-hydrogen) atoms. The van der Waals surface area contributed by atoms with Gasteiger partial charge in [0.15, 0.2) is 6.29 Å². The number of ether oxygens (including phenoxy) is 2. The number of halogens is 1. The third-order valence-corrected chi connectivity index (χ3v) is 3.74. The summed E-state index contributed by atoms with van der Waals surface area (Å²) < 4.78 is 11.3. The van der Waals surface area contributed by atoms with E-state index in [-0.39, 0.29) is 6.29 Å². The molecule has 1 heterocycles. The molecule has 0 aliphatic carbocycles. The van der Waals surface area contributed by atoms with Gasteiger partial charge in [-0.05, 0) is 27.4 Å². The van der Waals surface area contributed by atoms with E-state index in [0.717, 1.165) is 11.0 Å². The minimum absolute atomic E-state index is 0.172. The molecule has 0 atom stereocenters. The van der Waals surface area contributed by atoms with Crippen LogP contribution in [0.2, 0.25) is 0 Å². The molecule has 0 aliphatic rings. The zero-order chi connectivity index (χ0) is 10.4. The second-order valence-corrected chi connectivity index (χ2v) is 4.58. The molecule has 3 nitrogen and oxygen atoms in total.